The van der Waals surface area contributed by atoms with Gasteiger partial charge in [-0.1, -0.05) is 11.5 Å². The summed E-state index contributed by atoms with van der Waals surface area (Å²) in [7, 11) is 1.97. The fraction of sp³-hybridized carbons (Fsp3) is 0.167. The van der Waals surface area contributed by atoms with Crippen LogP contribution < -0.4 is 5.46 Å². The average molecular weight is 121 g/mol. The minimum absolute atomic E-state index is 0.0281. The molecule has 46 valence electrons. The highest BCUT2D eigenvalue weighted by atomic mass is 16.3. The summed E-state index contributed by atoms with van der Waals surface area (Å²) < 4.78 is 0. The van der Waals surface area contributed by atoms with Gasteiger partial charge in [0.2, 0.25) is 0 Å². The Morgan fingerprint density at radius 3 is 2.78 bits per heavy atom. The standard InChI is InChI=1S/C6H8BNO/c7-5-1-2-6(4-9)8-3-5/h1-3,9H,4,7H2. The normalized spacial score (nSPS) is 9.44. The molecule has 0 fully saturated rings. The summed E-state index contributed by atoms with van der Waals surface area (Å²) in [4.78, 5) is 3.95. The van der Waals surface area contributed by atoms with Crippen LogP contribution in [0.2, 0.25) is 0 Å². The second kappa shape index (κ2) is 2.64. The van der Waals surface area contributed by atoms with Crippen LogP contribution in [0.25, 0.3) is 0 Å². The summed E-state index contributed by atoms with van der Waals surface area (Å²) in [6.07, 6.45) is 1.74. The van der Waals surface area contributed by atoms with Crippen molar-refractivity contribution in [1.82, 2.24) is 4.98 Å². The number of hydrogen-bond acceptors (Lipinski definition) is 2. The van der Waals surface area contributed by atoms with Gasteiger partial charge in [0.25, 0.3) is 0 Å². The molecule has 2 nitrogen and oxygen atoms in total. The van der Waals surface area contributed by atoms with Gasteiger partial charge in [-0.2, -0.15) is 0 Å². The van der Waals surface area contributed by atoms with Crippen molar-refractivity contribution in [2.24, 2.45) is 0 Å². The molecule has 3 heteroatoms. The van der Waals surface area contributed by atoms with E-state index in [1.807, 2.05) is 20.0 Å². The molecule has 9 heavy (non-hydrogen) atoms. The van der Waals surface area contributed by atoms with Crippen LogP contribution in [-0.4, -0.2) is 17.9 Å². The molecule has 0 aromatic carbocycles. The molecular formula is C6H8BNO. The van der Waals surface area contributed by atoms with Crippen molar-refractivity contribution < 1.29 is 5.11 Å². The Bertz CT molecular complexity index is 185. The summed E-state index contributed by atoms with van der Waals surface area (Å²) >= 11 is 0. The van der Waals surface area contributed by atoms with E-state index >= 15 is 0 Å². The number of nitrogens with zero attached hydrogens (tertiary/aromatic N) is 1. The molecule has 0 bridgehead atoms. The van der Waals surface area contributed by atoms with Crippen molar-refractivity contribution in [2.75, 3.05) is 0 Å². The van der Waals surface area contributed by atoms with Gasteiger partial charge in [0.1, 0.15) is 7.85 Å². The predicted molar refractivity (Wildman–Crippen MR) is 38.3 cm³/mol. The monoisotopic (exact) mass is 121 g/mol. The molecule has 0 saturated carbocycles. The molecule has 0 unspecified atom stereocenters. The topological polar surface area (TPSA) is 33.1 Å². The first kappa shape index (κ1) is 6.30. The van der Waals surface area contributed by atoms with Gasteiger partial charge >= 0.3 is 0 Å². The molecule has 1 rings (SSSR count). The van der Waals surface area contributed by atoms with Gasteiger partial charge in [-0.3, -0.25) is 4.98 Å². The Hall–Kier alpha value is -0.825. The Balaban J connectivity index is 2.88. The third kappa shape index (κ3) is 1.54. The van der Waals surface area contributed by atoms with Gasteiger partial charge < -0.3 is 5.11 Å². The smallest absolute Gasteiger partial charge is 0.141 e. The van der Waals surface area contributed by atoms with Crippen LogP contribution in [0.3, 0.4) is 0 Å². The lowest BCUT2D eigenvalue weighted by Crippen LogP contribution is -2.03. The Labute approximate surface area is 55.0 Å². The van der Waals surface area contributed by atoms with Crippen LogP contribution in [0.5, 0.6) is 0 Å². The van der Waals surface area contributed by atoms with Crippen molar-refractivity contribution in [3.8, 4) is 0 Å². The minimum Gasteiger partial charge on any atom is -0.390 e. The Morgan fingerprint density at radius 2 is 2.33 bits per heavy atom. The number of aliphatic hydroxyl groups is 1. The predicted octanol–water partition coefficient (Wildman–Crippen LogP) is -1.17. The van der Waals surface area contributed by atoms with Gasteiger partial charge in [-0.15, -0.1) is 0 Å². The molecule has 1 aromatic heterocycles. The first-order valence-corrected chi connectivity index (χ1v) is 2.85. The Kier molecular flexibility index (Phi) is 1.85. The molecule has 0 aliphatic heterocycles. The molecule has 0 amide bonds. The quantitative estimate of drug-likeness (QED) is 0.475. The van der Waals surface area contributed by atoms with E-state index in [1.165, 1.54) is 0 Å². The molecule has 0 radical (unpaired) electrons. The number of rotatable bonds is 1. The molecule has 0 atom stereocenters. The summed E-state index contributed by atoms with van der Waals surface area (Å²) in [5.41, 5.74) is 1.84. The van der Waals surface area contributed by atoms with Crippen molar-refractivity contribution >= 4 is 13.3 Å². The molecule has 1 heterocycles. The van der Waals surface area contributed by atoms with Gasteiger partial charge in [0.05, 0.1) is 12.3 Å². The Morgan fingerprint density at radius 1 is 1.56 bits per heavy atom. The lowest BCUT2D eigenvalue weighted by molar-refractivity contribution is 0.277. The van der Waals surface area contributed by atoms with Gasteiger partial charge in [0, 0.05) is 6.20 Å². The van der Waals surface area contributed by atoms with E-state index in [0.29, 0.717) is 0 Å². The molecule has 0 spiro atoms. The van der Waals surface area contributed by atoms with E-state index < -0.39 is 0 Å². The van der Waals surface area contributed by atoms with Crippen LogP contribution in [0, 0.1) is 0 Å². The number of aromatic nitrogens is 1. The molecule has 1 N–H and O–H groups in total. The highest BCUT2D eigenvalue weighted by Gasteiger charge is 1.87. The van der Waals surface area contributed by atoms with Crippen LogP contribution in [-0.2, 0) is 6.61 Å². The van der Waals surface area contributed by atoms with E-state index in [9.17, 15) is 0 Å². The van der Waals surface area contributed by atoms with E-state index in [-0.39, 0.29) is 6.61 Å². The lowest BCUT2D eigenvalue weighted by Gasteiger charge is -1.93. The first-order valence-electron chi connectivity index (χ1n) is 2.85. The largest absolute Gasteiger partial charge is 0.390 e. The lowest BCUT2D eigenvalue weighted by atomic mass is 9.99. The van der Waals surface area contributed by atoms with Gasteiger partial charge in [-0.25, -0.2) is 0 Å². The zero-order valence-electron chi connectivity index (χ0n) is 5.33. The summed E-state index contributed by atoms with van der Waals surface area (Å²) in [5.74, 6) is 0. The summed E-state index contributed by atoms with van der Waals surface area (Å²) in [6, 6.07) is 3.74. The molecule has 0 aliphatic rings. The fourth-order valence-corrected chi connectivity index (χ4v) is 0.592. The minimum atomic E-state index is 0.0281. The van der Waals surface area contributed by atoms with Crippen LogP contribution in [0.4, 0.5) is 0 Å². The number of pyridine rings is 1. The van der Waals surface area contributed by atoms with Crippen molar-refractivity contribution in [3.05, 3.63) is 24.0 Å². The van der Waals surface area contributed by atoms with E-state index in [4.69, 9.17) is 5.11 Å². The first-order chi connectivity index (χ1) is 4.33. The van der Waals surface area contributed by atoms with E-state index in [2.05, 4.69) is 4.98 Å². The van der Waals surface area contributed by atoms with Crippen LogP contribution in [0.15, 0.2) is 18.3 Å². The van der Waals surface area contributed by atoms with Gasteiger partial charge in [-0.05, 0) is 6.07 Å². The van der Waals surface area contributed by atoms with Gasteiger partial charge in [0.15, 0.2) is 0 Å². The van der Waals surface area contributed by atoms with E-state index in [0.717, 1.165) is 11.2 Å². The average Bonchev–Trinajstić information content (AvgIpc) is 1.90. The third-order valence-electron chi connectivity index (χ3n) is 1.13. The molecule has 0 saturated heterocycles. The highest BCUT2D eigenvalue weighted by molar-refractivity contribution is 6.31. The third-order valence-corrected chi connectivity index (χ3v) is 1.13. The number of aliphatic hydroxyl groups excluding tert-OH is 1. The zero-order valence-corrected chi connectivity index (χ0v) is 5.33. The maximum Gasteiger partial charge on any atom is 0.141 e. The second-order valence-corrected chi connectivity index (χ2v) is 1.99. The molecule has 1 aromatic rings. The van der Waals surface area contributed by atoms with Crippen molar-refractivity contribution in [2.45, 2.75) is 6.61 Å². The SMILES string of the molecule is Bc1ccc(CO)nc1. The second-order valence-electron chi connectivity index (χ2n) is 1.99. The molecular weight excluding hydrogens is 113 g/mol. The van der Waals surface area contributed by atoms with Crippen LogP contribution >= 0.6 is 0 Å². The van der Waals surface area contributed by atoms with Crippen molar-refractivity contribution in [3.63, 3.8) is 0 Å². The highest BCUT2D eigenvalue weighted by Crippen LogP contribution is 1.87. The number of hydrogen-bond donors (Lipinski definition) is 1. The van der Waals surface area contributed by atoms with Crippen molar-refractivity contribution in [1.29, 1.82) is 0 Å². The van der Waals surface area contributed by atoms with Crippen LogP contribution in [0.1, 0.15) is 5.69 Å². The fourth-order valence-electron chi connectivity index (χ4n) is 0.592. The van der Waals surface area contributed by atoms with E-state index in [1.54, 1.807) is 6.20 Å². The summed E-state index contributed by atoms with van der Waals surface area (Å²) in [6.45, 7) is 0.0281. The maximum atomic E-state index is 8.57. The zero-order chi connectivity index (χ0) is 6.69. The summed E-state index contributed by atoms with van der Waals surface area (Å²) in [5, 5.41) is 8.57. The maximum absolute atomic E-state index is 8.57. The molecule has 0 aliphatic carbocycles.